The Morgan fingerprint density at radius 2 is 2.10 bits per heavy atom. The van der Waals surface area contributed by atoms with Crippen LogP contribution in [0.4, 0.5) is 0 Å². The molecule has 1 amide bonds. The second-order valence-corrected chi connectivity index (χ2v) is 9.48. The summed E-state index contributed by atoms with van der Waals surface area (Å²) in [7, 11) is 0. The van der Waals surface area contributed by atoms with Crippen molar-refractivity contribution in [2.24, 2.45) is 5.92 Å². The third-order valence-corrected chi connectivity index (χ3v) is 6.98. The maximum Gasteiger partial charge on any atom is 0.223 e. The first-order valence-corrected chi connectivity index (χ1v) is 11.6. The molecule has 1 saturated carbocycles. The summed E-state index contributed by atoms with van der Waals surface area (Å²) in [5, 5.41) is 1.13. The van der Waals surface area contributed by atoms with Crippen LogP contribution in [0.1, 0.15) is 85.5 Å². The fourth-order valence-corrected chi connectivity index (χ4v) is 5.69. The number of benzene rings is 1. The Kier molecular flexibility index (Phi) is 5.89. The lowest BCUT2D eigenvalue weighted by atomic mass is 9.76. The van der Waals surface area contributed by atoms with Crippen molar-refractivity contribution in [2.45, 2.75) is 96.7 Å². The average Bonchev–Trinajstić information content (AvgIpc) is 3.12. The highest BCUT2D eigenvalue weighted by atomic mass is 16.5. The molecule has 1 aliphatic carbocycles. The number of hydrogen-bond acceptors (Lipinski definition) is 2. The van der Waals surface area contributed by atoms with E-state index in [-0.39, 0.29) is 13.4 Å². The number of nitrogens with one attached hydrogen (secondary N) is 1. The molecular formula is C25H38N2O2. The molecule has 1 N–H and O–H groups in total. The summed E-state index contributed by atoms with van der Waals surface area (Å²) in [6, 6.07) is 7.04. The number of carbonyl (C=O) groups is 1. The molecule has 2 fully saturated rings. The first-order chi connectivity index (χ1) is 14.0. The molecule has 160 valence electrons. The van der Waals surface area contributed by atoms with Crippen LogP contribution in [0.25, 0.3) is 10.9 Å². The number of piperidine rings is 1. The topological polar surface area (TPSA) is 45.3 Å². The van der Waals surface area contributed by atoms with Gasteiger partial charge in [-0.3, -0.25) is 4.79 Å². The first-order valence-electron chi connectivity index (χ1n) is 11.6. The van der Waals surface area contributed by atoms with Gasteiger partial charge in [0.2, 0.25) is 5.91 Å². The maximum absolute atomic E-state index is 13.5. The quantitative estimate of drug-likeness (QED) is 0.624. The van der Waals surface area contributed by atoms with E-state index < -0.39 is 0 Å². The monoisotopic (exact) mass is 398 g/mol. The van der Waals surface area contributed by atoms with E-state index in [9.17, 15) is 4.79 Å². The molecule has 2 aliphatic rings. The number of nitrogens with zero attached hydrogens (tertiary/aromatic N) is 1. The zero-order valence-corrected chi connectivity index (χ0v) is 18.4. The third-order valence-electron chi connectivity index (χ3n) is 6.98. The number of hydrogen-bond donors (Lipinski definition) is 1. The molecule has 1 saturated heterocycles. The zero-order valence-electron chi connectivity index (χ0n) is 18.4. The van der Waals surface area contributed by atoms with Crippen LogP contribution < -0.4 is 4.74 Å². The minimum absolute atomic E-state index is 0. The fraction of sp³-hybridized carbons (Fsp3) is 0.640. The highest BCUT2D eigenvalue weighted by Gasteiger charge is 2.39. The predicted molar refractivity (Wildman–Crippen MR) is 120 cm³/mol. The second-order valence-electron chi connectivity index (χ2n) is 9.48. The number of ether oxygens (including phenoxy) is 1. The van der Waals surface area contributed by atoms with Gasteiger partial charge in [-0.1, -0.05) is 32.8 Å². The lowest BCUT2D eigenvalue weighted by molar-refractivity contribution is -0.141. The van der Waals surface area contributed by atoms with Gasteiger partial charge < -0.3 is 14.6 Å². The number of fused-ring (bicyclic) bond motifs is 3. The van der Waals surface area contributed by atoms with Crippen molar-refractivity contribution in [3.05, 3.63) is 30.0 Å². The molecule has 4 heteroatoms. The molecule has 4 rings (SSSR count). The maximum atomic E-state index is 13.5. The molecule has 4 nitrogen and oxygen atoms in total. The number of amides is 1. The molecular weight excluding hydrogens is 360 g/mol. The number of H-pyrrole nitrogens is 1. The average molecular weight is 399 g/mol. The molecule has 1 aromatic carbocycles. The molecule has 1 aliphatic heterocycles. The van der Waals surface area contributed by atoms with Crippen LogP contribution in [-0.2, 0) is 4.79 Å². The number of aromatic amines is 1. The summed E-state index contributed by atoms with van der Waals surface area (Å²) in [6.07, 6.45) is 10.1. The van der Waals surface area contributed by atoms with Gasteiger partial charge in [-0.05, 0) is 69.1 Å². The minimum atomic E-state index is 0. The largest absolute Gasteiger partial charge is 0.490 e. The van der Waals surface area contributed by atoms with E-state index in [1.807, 2.05) is 12.1 Å². The van der Waals surface area contributed by atoms with E-state index >= 15 is 0 Å². The van der Waals surface area contributed by atoms with Crippen LogP contribution in [0.5, 0.6) is 5.75 Å². The highest BCUT2D eigenvalue weighted by Crippen LogP contribution is 2.40. The molecule has 0 spiro atoms. The molecule has 4 atom stereocenters. The minimum Gasteiger partial charge on any atom is -0.490 e. The molecule has 0 radical (unpaired) electrons. The summed E-state index contributed by atoms with van der Waals surface area (Å²) in [4.78, 5) is 19.1. The van der Waals surface area contributed by atoms with Crippen molar-refractivity contribution >= 4 is 16.8 Å². The van der Waals surface area contributed by atoms with E-state index in [0.717, 1.165) is 29.0 Å². The summed E-state index contributed by atoms with van der Waals surface area (Å²) in [6.45, 7) is 8.53. The summed E-state index contributed by atoms with van der Waals surface area (Å²) >= 11 is 0. The molecule has 29 heavy (non-hydrogen) atoms. The Labute approximate surface area is 176 Å². The molecule has 4 unspecified atom stereocenters. The van der Waals surface area contributed by atoms with Crippen molar-refractivity contribution in [2.75, 3.05) is 0 Å². The lowest BCUT2D eigenvalue weighted by Gasteiger charge is -2.48. The highest BCUT2D eigenvalue weighted by molar-refractivity contribution is 5.90. The van der Waals surface area contributed by atoms with Crippen molar-refractivity contribution in [3.8, 4) is 5.75 Å². The Bertz CT molecular complexity index is 860. The van der Waals surface area contributed by atoms with Crippen molar-refractivity contribution in [1.29, 1.82) is 0 Å². The third kappa shape index (κ3) is 4.04. The Balaban J connectivity index is 0.00000256. The summed E-state index contributed by atoms with van der Waals surface area (Å²) < 4.78 is 6.07. The summed E-state index contributed by atoms with van der Waals surface area (Å²) in [5.74, 6) is 2.25. The van der Waals surface area contributed by atoms with Crippen molar-refractivity contribution < 1.29 is 11.0 Å². The molecule has 1 aromatic heterocycles. The zero-order chi connectivity index (χ0) is 20.5. The second kappa shape index (κ2) is 8.41. The van der Waals surface area contributed by atoms with Crippen LogP contribution in [0.2, 0.25) is 0 Å². The summed E-state index contributed by atoms with van der Waals surface area (Å²) in [5.41, 5.74) is 2.27. The van der Waals surface area contributed by atoms with Gasteiger partial charge in [-0.15, -0.1) is 0 Å². The SMILES string of the molecule is CCC1CC2CCCC(C2)N1C(=O)CC(C)c1c[nH]c2cccc(OC(C)C)c12.[HH]. The fourth-order valence-electron chi connectivity index (χ4n) is 5.69. The van der Waals surface area contributed by atoms with E-state index in [2.05, 4.69) is 49.8 Å². The van der Waals surface area contributed by atoms with E-state index in [1.165, 1.54) is 37.7 Å². The van der Waals surface area contributed by atoms with Crippen LogP contribution >= 0.6 is 0 Å². The van der Waals surface area contributed by atoms with E-state index in [1.54, 1.807) is 0 Å². The Hall–Kier alpha value is -1.97. The molecule has 2 aromatic rings. The number of aromatic nitrogens is 1. The van der Waals surface area contributed by atoms with Crippen LogP contribution in [0, 0.1) is 5.92 Å². The van der Waals surface area contributed by atoms with Crippen LogP contribution in [-0.4, -0.2) is 34.0 Å². The van der Waals surface area contributed by atoms with Crippen molar-refractivity contribution in [3.63, 3.8) is 0 Å². The van der Waals surface area contributed by atoms with Gasteiger partial charge in [-0.2, -0.15) is 0 Å². The number of carbonyl (C=O) groups excluding carboxylic acids is 1. The predicted octanol–water partition coefficient (Wildman–Crippen LogP) is 6.26. The van der Waals surface area contributed by atoms with E-state index in [4.69, 9.17) is 4.74 Å². The van der Waals surface area contributed by atoms with Crippen LogP contribution in [0.3, 0.4) is 0 Å². The van der Waals surface area contributed by atoms with Gasteiger partial charge in [0.15, 0.2) is 0 Å². The van der Waals surface area contributed by atoms with E-state index in [0.29, 0.717) is 24.4 Å². The standard InChI is InChI=1S/C25H36N2O2.H2/c1-5-19-13-18-8-6-9-20(14-18)27(19)24(28)12-17(4)21-15-26-22-10-7-11-23(25(21)22)29-16(2)3;/h7,10-11,15-20,26H,5-6,8-9,12-14H2,1-4H3;1H. The first kappa shape index (κ1) is 20.3. The van der Waals surface area contributed by atoms with Gasteiger partial charge >= 0.3 is 0 Å². The van der Waals surface area contributed by atoms with Crippen LogP contribution in [0.15, 0.2) is 24.4 Å². The van der Waals surface area contributed by atoms with Gasteiger partial charge in [-0.25, -0.2) is 0 Å². The molecule has 2 bridgehead atoms. The number of likely N-dealkylation sites (tertiary alicyclic amines) is 1. The van der Waals surface area contributed by atoms with Gasteiger partial charge in [0.1, 0.15) is 5.75 Å². The van der Waals surface area contributed by atoms with Gasteiger partial charge in [0.05, 0.1) is 6.10 Å². The number of rotatable bonds is 6. The smallest absolute Gasteiger partial charge is 0.223 e. The lowest BCUT2D eigenvalue weighted by Crippen LogP contribution is -2.53. The Morgan fingerprint density at radius 3 is 2.86 bits per heavy atom. The normalized spacial score (nSPS) is 25.4. The Morgan fingerprint density at radius 1 is 1.28 bits per heavy atom. The van der Waals surface area contributed by atoms with Gasteiger partial charge in [0.25, 0.3) is 0 Å². The van der Waals surface area contributed by atoms with Crippen molar-refractivity contribution in [1.82, 2.24) is 9.88 Å². The molecule has 2 heterocycles. The van der Waals surface area contributed by atoms with Gasteiger partial charge in [0, 0.05) is 37.0 Å².